The standard InChI is InChI=1S/C25H38O4/c1-6-7-8-9-10-11-12-19-15-20(26)16-21(22(19)23(27)28)29-25(5)17-24(3,4)14-13-18(25)2/h15-16,26H,2,6-14,17H2,1,3-5H3,(H,27,28). The number of carbonyl (C=O) groups is 1. The number of carboxylic acid groups (broad SMARTS) is 1. The van der Waals surface area contributed by atoms with Crippen LogP contribution in [0.25, 0.3) is 0 Å². The zero-order chi connectivity index (χ0) is 21.7. The molecule has 1 aliphatic carbocycles. The van der Waals surface area contributed by atoms with Gasteiger partial charge < -0.3 is 14.9 Å². The normalized spacial score (nSPS) is 21.2. The van der Waals surface area contributed by atoms with E-state index in [1.54, 1.807) is 6.07 Å². The number of aromatic carboxylic acids is 1. The fourth-order valence-corrected chi connectivity index (χ4v) is 4.50. The van der Waals surface area contributed by atoms with Gasteiger partial charge in [-0.2, -0.15) is 0 Å². The number of aromatic hydroxyl groups is 1. The van der Waals surface area contributed by atoms with E-state index in [4.69, 9.17) is 4.74 Å². The zero-order valence-corrected chi connectivity index (χ0v) is 18.6. The summed E-state index contributed by atoms with van der Waals surface area (Å²) in [4.78, 5) is 12.1. The van der Waals surface area contributed by atoms with Crippen molar-refractivity contribution in [3.05, 3.63) is 35.4 Å². The van der Waals surface area contributed by atoms with Gasteiger partial charge in [-0.15, -0.1) is 0 Å². The van der Waals surface area contributed by atoms with E-state index in [1.807, 2.05) is 6.92 Å². The quantitative estimate of drug-likeness (QED) is 0.330. The minimum Gasteiger partial charge on any atom is -0.508 e. The molecule has 0 saturated heterocycles. The Hall–Kier alpha value is -1.97. The Bertz CT molecular complexity index is 735. The number of aryl methyl sites for hydroxylation is 1. The Morgan fingerprint density at radius 1 is 1.14 bits per heavy atom. The van der Waals surface area contributed by atoms with Gasteiger partial charge in [0.05, 0.1) is 0 Å². The van der Waals surface area contributed by atoms with Crippen LogP contribution in [0.4, 0.5) is 0 Å². The van der Waals surface area contributed by atoms with E-state index >= 15 is 0 Å². The third-order valence-corrected chi connectivity index (χ3v) is 6.18. The molecule has 0 heterocycles. The minimum absolute atomic E-state index is 0.0512. The fourth-order valence-electron chi connectivity index (χ4n) is 4.50. The lowest BCUT2D eigenvalue weighted by atomic mass is 9.68. The van der Waals surface area contributed by atoms with Gasteiger partial charge in [0.2, 0.25) is 0 Å². The van der Waals surface area contributed by atoms with Crippen molar-refractivity contribution in [1.29, 1.82) is 0 Å². The van der Waals surface area contributed by atoms with Crippen LogP contribution < -0.4 is 4.74 Å². The van der Waals surface area contributed by atoms with E-state index in [2.05, 4.69) is 27.4 Å². The Morgan fingerprint density at radius 3 is 2.45 bits per heavy atom. The van der Waals surface area contributed by atoms with E-state index in [9.17, 15) is 15.0 Å². The topological polar surface area (TPSA) is 66.8 Å². The van der Waals surface area contributed by atoms with Gasteiger partial charge in [-0.25, -0.2) is 4.79 Å². The molecule has 0 bridgehead atoms. The lowest BCUT2D eigenvalue weighted by Gasteiger charge is -2.44. The van der Waals surface area contributed by atoms with Crippen LogP contribution in [0.2, 0.25) is 0 Å². The summed E-state index contributed by atoms with van der Waals surface area (Å²) >= 11 is 0. The molecule has 0 aliphatic heterocycles. The zero-order valence-electron chi connectivity index (χ0n) is 18.6. The molecule has 4 heteroatoms. The van der Waals surface area contributed by atoms with Gasteiger partial charge in [0.25, 0.3) is 0 Å². The monoisotopic (exact) mass is 402 g/mol. The highest BCUT2D eigenvalue weighted by molar-refractivity contribution is 5.93. The summed E-state index contributed by atoms with van der Waals surface area (Å²) in [5, 5.41) is 20.2. The average molecular weight is 403 g/mol. The SMILES string of the molecule is C=C1CCC(C)(C)CC1(C)Oc1cc(O)cc(CCCCCCCC)c1C(=O)O. The molecule has 29 heavy (non-hydrogen) atoms. The summed E-state index contributed by atoms with van der Waals surface area (Å²) in [7, 11) is 0. The summed E-state index contributed by atoms with van der Waals surface area (Å²) < 4.78 is 6.32. The number of benzene rings is 1. The third kappa shape index (κ3) is 6.25. The summed E-state index contributed by atoms with van der Waals surface area (Å²) in [6.45, 7) is 12.8. The highest BCUT2D eigenvalue weighted by Crippen LogP contribution is 2.46. The Kier molecular flexibility index (Phi) is 7.79. The van der Waals surface area contributed by atoms with Gasteiger partial charge in [0.1, 0.15) is 22.7 Å². The Labute approximate surface area is 176 Å². The van der Waals surface area contributed by atoms with Gasteiger partial charge >= 0.3 is 5.97 Å². The van der Waals surface area contributed by atoms with Crippen LogP contribution in [0.1, 0.15) is 101 Å². The maximum absolute atomic E-state index is 12.1. The summed E-state index contributed by atoms with van der Waals surface area (Å²) in [6.07, 6.45) is 10.1. The van der Waals surface area contributed by atoms with Crippen molar-refractivity contribution >= 4 is 5.97 Å². The number of hydrogen-bond acceptors (Lipinski definition) is 3. The lowest BCUT2D eigenvalue weighted by molar-refractivity contribution is 0.0414. The van der Waals surface area contributed by atoms with Crippen molar-refractivity contribution in [3.63, 3.8) is 0 Å². The smallest absolute Gasteiger partial charge is 0.339 e. The van der Waals surface area contributed by atoms with Crippen molar-refractivity contribution in [2.75, 3.05) is 0 Å². The number of rotatable bonds is 10. The maximum atomic E-state index is 12.1. The predicted molar refractivity (Wildman–Crippen MR) is 118 cm³/mol. The molecule has 0 amide bonds. The van der Waals surface area contributed by atoms with E-state index < -0.39 is 11.6 Å². The first-order chi connectivity index (χ1) is 13.6. The van der Waals surface area contributed by atoms with Crippen molar-refractivity contribution in [2.45, 2.75) is 97.5 Å². The predicted octanol–water partition coefficient (Wildman–Crippen LogP) is 6.90. The largest absolute Gasteiger partial charge is 0.508 e. The third-order valence-electron chi connectivity index (χ3n) is 6.18. The summed E-state index contributed by atoms with van der Waals surface area (Å²) in [6, 6.07) is 3.01. The van der Waals surface area contributed by atoms with Crippen molar-refractivity contribution in [2.24, 2.45) is 5.41 Å². The van der Waals surface area contributed by atoms with Gasteiger partial charge in [-0.3, -0.25) is 0 Å². The Morgan fingerprint density at radius 2 is 1.79 bits per heavy atom. The van der Waals surface area contributed by atoms with Gasteiger partial charge in [-0.1, -0.05) is 59.5 Å². The van der Waals surface area contributed by atoms with E-state index in [0.29, 0.717) is 12.0 Å². The molecule has 1 aliphatic rings. The summed E-state index contributed by atoms with van der Waals surface area (Å²) in [5.74, 6) is -0.708. The molecule has 0 radical (unpaired) electrons. The van der Waals surface area contributed by atoms with Crippen LogP contribution >= 0.6 is 0 Å². The van der Waals surface area contributed by atoms with Crippen molar-refractivity contribution in [1.82, 2.24) is 0 Å². The second-order valence-electron chi connectivity index (χ2n) is 9.58. The first-order valence-electron chi connectivity index (χ1n) is 11.0. The Balaban J connectivity index is 2.24. The van der Waals surface area contributed by atoms with E-state index in [1.165, 1.54) is 25.3 Å². The number of phenols is 1. The molecule has 1 aromatic rings. The number of carboxylic acids is 1. The molecule has 1 unspecified atom stereocenters. The molecule has 0 aromatic heterocycles. The summed E-state index contributed by atoms with van der Waals surface area (Å²) in [5.41, 5.74) is 1.25. The van der Waals surface area contributed by atoms with Gasteiger partial charge in [0.15, 0.2) is 0 Å². The van der Waals surface area contributed by atoms with E-state index in [0.717, 1.165) is 44.1 Å². The minimum atomic E-state index is -1.01. The van der Waals surface area contributed by atoms with Gasteiger partial charge in [0, 0.05) is 6.07 Å². The maximum Gasteiger partial charge on any atom is 0.339 e. The van der Waals surface area contributed by atoms with Crippen LogP contribution in [-0.4, -0.2) is 21.8 Å². The molecule has 2 N–H and O–H groups in total. The molecular weight excluding hydrogens is 364 g/mol. The molecule has 0 spiro atoms. The number of hydrogen-bond donors (Lipinski definition) is 2. The lowest BCUT2D eigenvalue weighted by Crippen LogP contribution is -2.43. The average Bonchev–Trinajstić information content (AvgIpc) is 2.60. The molecular formula is C25H38O4. The van der Waals surface area contributed by atoms with Crippen LogP contribution in [0.5, 0.6) is 11.5 Å². The first kappa shape index (κ1) is 23.3. The second kappa shape index (κ2) is 9.69. The van der Waals surface area contributed by atoms with Crippen LogP contribution in [0.3, 0.4) is 0 Å². The van der Waals surface area contributed by atoms with Gasteiger partial charge in [-0.05, 0) is 61.6 Å². The molecule has 1 atom stereocenters. The number of unbranched alkanes of at least 4 members (excludes halogenated alkanes) is 5. The highest BCUT2D eigenvalue weighted by atomic mass is 16.5. The van der Waals surface area contributed by atoms with E-state index in [-0.39, 0.29) is 22.5 Å². The molecule has 4 nitrogen and oxygen atoms in total. The molecule has 1 fully saturated rings. The van der Waals surface area contributed by atoms with Crippen molar-refractivity contribution in [3.8, 4) is 11.5 Å². The molecule has 1 saturated carbocycles. The molecule has 2 rings (SSSR count). The van der Waals surface area contributed by atoms with Crippen LogP contribution in [-0.2, 0) is 6.42 Å². The highest BCUT2D eigenvalue weighted by Gasteiger charge is 2.41. The second-order valence-corrected chi connectivity index (χ2v) is 9.58. The first-order valence-corrected chi connectivity index (χ1v) is 11.0. The number of ether oxygens (including phenoxy) is 1. The molecule has 162 valence electrons. The van der Waals surface area contributed by atoms with Crippen LogP contribution in [0, 0.1) is 5.41 Å². The number of phenolic OH excluding ortho intramolecular Hbond substituents is 1. The van der Waals surface area contributed by atoms with Crippen LogP contribution in [0.15, 0.2) is 24.3 Å². The molecule has 1 aromatic carbocycles. The fraction of sp³-hybridized carbons (Fsp3) is 0.640. The van der Waals surface area contributed by atoms with Crippen molar-refractivity contribution < 1.29 is 19.7 Å².